The van der Waals surface area contributed by atoms with Crippen molar-refractivity contribution < 1.29 is 23.8 Å². The minimum Gasteiger partial charge on any atom is -0.493 e. The lowest BCUT2D eigenvalue weighted by atomic mass is 10.1. The van der Waals surface area contributed by atoms with E-state index < -0.39 is 12.6 Å². The van der Waals surface area contributed by atoms with Crippen molar-refractivity contribution in [2.75, 3.05) is 34.4 Å². The molecule has 35 heavy (non-hydrogen) atoms. The minimum atomic E-state index is -0.817. The zero-order chi connectivity index (χ0) is 26.1. The summed E-state index contributed by atoms with van der Waals surface area (Å²) in [7, 11) is 4.78. The molecule has 0 N–H and O–H groups in total. The summed E-state index contributed by atoms with van der Waals surface area (Å²) >= 11 is 0. The number of hydrogen-bond acceptors (Lipinski definition) is 6. The first-order valence-corrected chi connectivity index (χ1v) is 11.5. The first-order chi connectivity index (χ1) is 16.6. The van der Waals surface area contributed by atoms with Gasteiger partial charge in [0.05, 0.1) is 14.2 Å². The maximum absolute atomic E-state index is 12.5. The number of rotatable bonds is 11. The van der Waals surface area contributed by atoms with Crippen molar-refractivity contribution in [2.24, 2.45) is 5.92 Å². The smallest absolute Gasteiger partial charge is 0.349 e. The average Bonchev–Trinajstić information content (AvgIpc) is 3.10. The number of nitrogens with zero attached hydrogens (tertiary/aromatic N) is 3. The van der Waals surface area contributed by atoms with E-state index >= 15 is 0 Å². The zero-order valence-corrected chi connectivity index (χ0v) is 21.7. The Labute approximate surface area is 207 Å². The van der Waals surface area contributed by atoms with E-state index in [0.717, 1.165) is 29.1 Å². The number of hydrogen-bond donors (Lipinski definition) is 0. The molecule has 0 saturated heterocycles. The molecule has 0 aliphatic carbocycles. The normalized spacial score (nSPS) is 11.2. The molecule has 0 aliphatic rings. The van der Waals surface area contributed by atoms with Crippen molar-refractivity contribution in [3.8, 4) is 17.6 Å². The summed E-state index contributed by atoms with van der Waals surface area (Å²) in [5.74, 6) is 0.547. The Balaban J connectivity index is 1.97. The molecular weight excluding hydrogens is 446 g/mol. The molecule has 0 unspecified atom stereocenters. The van der Waals surface area contributed by atoms with Gasteiger partial charge in [0.1, 0.15) is 11.6 Å². The molecule has 0 fully saturated rings. The lowest BCUT2D eigenvalue weighted by molar-refractivity contribution is -0.147. The fraction of sp³-hybridized carbons (Fsp3) is 0.444. The Morgan fingerprint density at radius 2 is 1.83 bits per heavy atom. The second-order valence-corrected chi connectivity index (χ2v) is 8.83. The third-order valence-corrected chi connectivity index (χ3v) is 5.74. The third-order valence-electron chi connectivity index (χ3n) is 5.74. The largest absolute Gasteiger partial charge is 0.493 e. The van der Waals surface area contributed by atoms with E-state index in [9.17, 15) is 14.9 Å². The Hall–Kier alpha value is -3.73. The molecule has 188 valence electrons. The van der Waals surface area contributed by atoms with E-state index in [1.165, 1.54) is 11.0 Å². The predicted octanol–water partition coefficient (Wildman–Crippen LogP) is 3.93. The Morgan fingerprint density at radius 1 is 1.14 bits per heavy atom. The van der Waals surface area contributed by atoms with Crippen molar-refractivity contribution in [3.63, 3.8) is 0 Å². The van der Waals surface area contributed by atoms with Crippen molar-refractivity contribution in [3.05, 3.63) is 52.4 Å². The van der Waals surface area contributed by atoms with Crippen LogP contribution in [0.2, 0.25) is 0 Å². The standard InChI is InChI=1S/C27H35N3O5/c1-18(2)16-30-19(3)12-22(20(30)4)14-23(15-28)27(32)35-17-26(31)29(5)11-10-21-8-9-24(33-6)25(13-21)34-7/h8-9,12-14,18H,10-11,16-17H2,1-7H3/b23-14+. The fourth-order valence-corrected chi connectivity index (χ4v) is 3.69. The van der Waals surface area contributed by atoms with Crippen LogP contribution in [0.15, 0.2) is 29.8 Å². The summed E-state index contributed by atoms with van der Waals surface area (Å²) in [5, 5.41) is 9.49. The summed E-state index contributed by atoms with van der Waals surface area (Å²) in [6.07, 6.45) is 2.11. The molecule has 1 heterocycles. The van der Waals surface area contributed by atoms with Gasteiger partial charge in [0.15, 0.2) is 18.1 Å². The molecule has 0 saturated carbocycles. The number of carbonyl (C=O) groups is 2. The number of benzene rings is 1. The second-order valence-electron chi connectivity index (χ2n) is 8.83. The Morgan fingerprint density at radius 3 is 2.43 bits per heavy atom. The van der Waals surface area contributed by atoms with Crippen molar-refractivity contribution in [1.82, 2.24) is 9.47 Å². The number of nitriles is 1. The molecule has 0 atom stereocenters. The summed E-state index contributed by atoms with van der Waals surface area (Å²) in [5.41, 5.74) is 3.65. The van der Waals surface area contributed by atoms with Gasteiger partial charge < -0.3 is 23.7 Å². The van der Waals surface area contributed by atoms with Gasteiger partial charge in [-0.15, -0.1) is 0 Å². The van der Waals surface area contributed by atoms with Gasteiger partial charge in [-0.05, 0) is 61.6 Å². The van der Waals surface area contributed by atoms with E-state index in [2.05, 4.69) is 18.4 Å². The minimum absolute atomic E-state index is 0.143. The highest BCUT2D eigenvalue weighted by Gasteiger charge is 2.17. The van der Waals surface area contributed by atoms with Gasteiger partial charge in [-0.1, -0.05) is 19.9 Å². The molecule has 0 spiro atoms. The molecule has 1 aromatic carbocycles. The number of methoxy groups -OCH3 is 2. The SMILES string of the molecule is COc1ccc(CCN(C)C(=O)COC(=O)/C(C#N)=C/c2cc(C)n(CC(C)C)c2C)cc1OC. The van der Waals surface area contributed by atoms with Gasteiger partial charge in [-0.2, -0.15) is 5.26 Å². The van der Waals surface area contributed by atoms with Gasteiger partial charge in [-0.3, -0.25) is 4.79 Å². The topological polar surface area (TPSA) is 93.8 Å². The molecule has 8 nitrogen and oxygen atoms in total. The van der Waals surface area contributed by atoms with Gasteiger partial charge in [-0.25, -0.2) is 4.79 Å². The Bertz CT molecular complexity index is 1120. The van der Waals surface area contributed by atoms with Crippen LogP contribution in [0.1, 0.15) is 36.4 Å². The van der Waals surface area contributed by atoms with E-state index in [4.69, 9.17) is 14.2 Å². The lowest BCUT2D eigenvalue weighted by Crippen LogP contribution is -2.33. The molecule has 1 amide bonds. The summed E-state index contributed by atoms with van der Waals surface area (Å²) in [4.78, 5) is 26.4. The van der Waals surface area contributed by atoms with Crippen LogP contribution in [0.4, 0.5) is 0 Å². The van der Waals surface area contributed by atoms with Crippen LogP contribution in [-0.2, 0) is 27.3 Å². The van der Waals surface area contributed by atoms with Crippen LogP contribution in [0.25, 0.3) is 6.08 Å². The van der Waals surface area contributed by atoms with Crippen LogP contribution in [0, 0.1) is 31.1 Å². The fourth-order valence-electron chi connectivity index (χ4n) is 3.69. The highest BCUT2D eigenvalue weighted by molar-refractivity contribution is 5.99. The number of ether oxygens (including phenoxy) is 3. The first-order valence-electron chi connectivity index (χ1n) is 11.5. The quantitative estimate of drug-likeness (QED) is 0.274. The summed E-state index contributed by atoms with van der Waals surface area (Å²) in [6.45, 7) is 9.05. The van der Waals surface area contributed by atoms with Crippen molar-refractivity contribution in [1.29, 1.82) is 5.26 Å². The molecule has 0 radical (unpaired) electrons. The van der Waals surface area contributed by atoms with Gasteiger partial charge in [0.25, 0.3) is 5.91 Å². The number of aryl methyl sites for hydroxylation is 1. The molecule has 2 aromatic rings. The molecule has 8 heteroatoms. The zero-order valence-electron chi connectivity index (χ0n) is 21.7. The van der Waals surface area contributed by atoms with Crippen LogP contribution in [0.5, 0.6) is 11.5 Å². The van der Waals surface area contributed by atoms with Gasteiger partial charge in [0.2, 0.25) is 0 Å². The van der Waals surface area contributed by atoms with Crippen LogP contribution in [-0.4, -0.2) is 55.8 Å². The molecule has 0 aliphatic heterocycles. The molecule has 0 bridgehead atoms. The first kappa shape index (κ1) is 27.5. The van der Waals surface area contributed by atoms with E-state index in [1.807, 2.05) is 44.2 Å². The maximum atomic E-state index is 12.5. The lowest BCUT2D eigenvalue weighted by Gasteiger charge is -2.17. The van der Waals surface area contributed by atoms with Crippen LogP contribution in [0.3, 0.4) is 0 Å². The third kappa shape index (κ3) is 7.38. The number of aromatic nitrogens is 1. The molecule has 1 aromatic heterocycles. The highest BCUT2D eigenvalue weighted by Crippen LogP contribution is 2.27. The number of amides is 1. The van der Waals surface area contributed by atoms with Crippen molar-refractivity contribution in [2.45, 2.75) is 40.7 Å². The van der Waals surface area contributed by atoms with Crippen LogP contribution >= 0.6 is 0 Å². The molecule has 2 rings (SSSR count). The number of likely N-dealkylation sites (N-methyl/N-ethyl adjacent to an activating group) is 1. The van der Waals surface area contributed by atoms with Gasteiger partial charge in [0, 0.05) is 31.5 Å². The van der Waals surface area contributed by atoms with E-state index in [-0.39, 0.29) is 11.5 Å². The van der Waals surface area contributed by atoms with Gasteiger partial charge >= 0.3 is 5.97 Å². The Kier molecular flexibility index (Phi) is 9.95. The highest BCUT2D eigenvalue weighted by atomic mass is 16.5. The second kappa shape index (κ2) is 12.7. The number of carbonyl (C=O) groups excluding carboxylic acids is 2. The average molecular weight is 482 g/mol. The van der Waals surface area contributed by atoms with E-state index in [0.29, 0.717) is 30.4 Å². The summed E-state index contributed by atoms with van der Waals surface area (Å²) in [6, 6.07) is 9.42. The maximum Gasteiger partial charge on any atom is 0.349 e. The molecular formula is C27H35N3O5. The van der Waals surface area contributed by atoms with Crippen molar-refractivity contribution >= 4 is 18.0 Å². The van der Waals surface area contributed by atoms with E-state index in [1.54, 1.807) is 21.3 Å². The van der Waals surface area contributed by atoms with Crippen LogP contribution < -0.4 is 9.47 Å². The number of esters is 1. The predicted molar refractivity (Wildman–Crippen MR) is 134 cm³/mol. The summed E-state index contributed by atoms with van der Waals surface area (Å²) < 4.78 is 17.9. The monoisotopic (exact) mass is 481 g/mol.